The second-order valence-corrected chi connectivity index (χ2v) is 8.20. The third-order valence-electron chi connectivity index (χ3n) is 5.55. The average molecular weight is 415 g/mol. The van der Waals surface area contributed by atoms with E-state index in [0.29, 0.717) is 13.2 Å². The largest absolute Gasteiger partial charge is 0.493 e. The molecule has 160 valence electrons. The van der Waals surface area contributed by atoms with Gasteiger partial charge in [-0.3, -0.25) is 0 Å². The molecule has 4 rings (SSSR count). The number of benzene rings is 3. The van der Waals surface area contributed by atoms with Crippen molar-refractivity contribution in [3.63, 3.8) is 0 Å². The molecule has 0 saturated carbocycles. The molecule has 3 aromatic carbocycles. The summed E-state index contributed by atoms with van der Waals surface area (Å²) in [7, 11) is 0. The van der Waals surface area contributed by atoms with Gasteiger partial charge in [0.15, 0.2) is 0 Å². The van der Waals surface area contributed by atoms with Crippen molar-refractivity contribution in [1.29, 1.82) is 0 Å². The lowest BCUT2D eigenvalue weighted by Gasteiger charge is -2.13. The molecule has 1 heterocycles. The van der Waals surface area contributed by atoms with Crippen molar-refractivity contribution >= 4 is 11.0 Å². The first-order valence-electron chi connectivity index (χ1n) is 10.9. The summed E-state index contributed by atoms with van der Waals surface area (Å²) in [5, 5.41) is 0. The molecule has 4 heteroatoms. The normalized spacial score (nSPS) is 11.1. The number of hydrogen-bond acceptors (Lipinski definition) is 3. The Morgan fingerprint density at radius 3 is 2.39 bits per heavy atom. The summed E-state index contributed by atoms with van der Waals surface area (Å²) in [5.41, 5.74) is 6.89. The summed E-state index contributed by atoms with van der Waals surface area (Å²) in [6.45, 7) is 10.3. The van der Waals surface area contributed by atoms with E-state index in [2.05, 4.69) is 86.9 Å². The van der Waals surface area contributed by atoms with Gasteiger partial charge in [0.25, 0.3) is 0 Å². The fourth-order valence-electron chi connectivity index (χ4n) is 3.86. The fraction of sp³-hybridized carbons (Fsp3) is 0.296. The monoisotopic (exact) mass is 414 g/mol. The van der Waals surface area contributed by atoms with E-state index in [1.54, 1.807) is 0 Å². The number of hydrogen-bond donors (Lipinski definition) is 0. The van der Waals surface area contributed by atoms with Crippen LogP contribution in [0.2, 0.25) is 0 Å². The van der Waals surface area contributed by atoms with Crippen LogP contribution in [0.25, 0.3) is 11.0 Å². The van der Waals surface area contributed by atoms with E-state index in [1.165, 1.54) is 16.7 Å². The first-order valence-corrected chi connectivity index (χ1v) is 10.9. The topological polar surface area (TPSA) is 36.3 Å². The maximum Gasteiger partial charge on any atom is 0.148 e. The predicted molar refractivity (Wildman–Crippen MR) is 126 cm³/mol. The Bertz CT molecular complexity index is 1190. The molecule has 0 aliphatic heterocycles. The molecule has 0 N–H and O–H groups in total. The average Bonchev–Trinajstić information content (AvgIpc) is 3.10. The van der Waals surface area contributed by atoms with Gasteiger partial charge in [0.2, 0.25) is 0 Å². The molecule has 0 radical (unpaired) electrons. The molecule has 0 atom stereocenters. The van der Waals surface area contributed by atoms with Crippen molar-refractivity contribution in [2.45, 2.75) is 47.3 Å². The van der Waals surface area contributed by atoms with Crippen molar-refractivity contribution in [3.05, 3.63) is 88.7 Å². The van der Waals surface area contributed by atoms with Gasteiger partial charge in [-0.05, 0) is 75.1 Å². The van der Waals surface area contributed by atoms with Crippen LogP contribution in [-0.4, -0.2) is 16.2 Å². The summed E-state index contributed by atoms with van der Waals surface area (Å²) in [6.07, 6.45) is 0.893. The molecule has 4 nitrogen and oxygen atoms in total. The van der Waals surface area contributed by atoms with E-state index in [9.17, 15) is 0 Å². The van der Waals surface area contributed by atoms with Gasteiger partial charge in [-0.1, -0.05) is 42.0 Å². The van der Waals surface area contributed by atoms with E-state index < -0.39 is 0 Å². The van der Waals surface area contributed by atoms with Crippen LogP contribution in [0.3, 0.4) is 0 Å². The standard InChI is InChI=1S/C27H30N2O2/c1-19-11-13-25(22(4)16-19)30-15-7-14-29-24-9-6-5-8-23(24)28-27(29)18-31-26-17-20(2)10-12-21(26)3/h5-6,8-13,16-17H,7,14-15,18H2,1-4H3. The molecule has 0 bridgehead atoms. The van der Waals surface area contributed by atoms with Gasteiger partial charge in [0, 0.05) is 6.54 Å². The molecule has 1 aromatic heterocycles. The summed E-state index contributed by atoms with van der Waals surface area (Å²) < 4.78 is 14.5. The van der Waals surface area contributed by atoms with E-state index in [-0.39, 0.29) is 0 Å². The zero-order valence-electron chi connectivity index (χ0n) is 18.8. The van der Waals surface area contributed by atoms with Crippen molar-refractivity contribution < 1.29 is 9.47 Å². The molecule has 4 aromatic rings. The van der Waals surface area contributed by atoms with E-state index in [4.69, 9.17) is 14.5 Å². The van der Waals surface area contributed by atoms with Crippen LogP contribution in [0.5, 0.6) is 11.5 Å². The van der Waals surface area contributed by atoms with Crippen LogP contribution in [-0.2, 0) is 13.2 Å². The van der Waals surface area contributed by atoms with Gasteiger partial charge in [0.05, 0.1) is 17.6 Å². The zero-order valence-corrected chi connectivity index (χ0v) is 18.8. The SMILES string of the molecule is Cc1ccc(OCCCn2c(COc3cc(C)ccc3C)nc3ccccc32)c(C)c1. The van der Waals surface area contributed by atoms with Gasteiger partial charge in [-0.15, -0.1) is 0 Å². The van der Waals surface area contributed by atoms with Gasteiger partial charge in [-0.25, -0.2) is 4.98 Å². The van der Waals surface area contributed by atoms with Crippen LogP contribution in [0.1, 0.15) is 34.5 Å². The van der Waals surface area contributed by atoms with E-state index in [0.717, 1.165) is 46.9 Å². The Morgan fingerprint density at radius 2 is 1.55 bits per heavy atom. The Morgan fingerprint density at radius 1 is 0.774 bits per heavy atom. The van der Waals surface area contributed by atoms with Crippen LogP contribution in [0, 0.1) is 27.7 Å². The minimum Gasteiger partial charge on any atom is -0.493 e. The van der Waals surface area contributed by atoms with Gasteiger partial charge in [-0.2, -0.15) is 0 Å². The molecule has 0 unspecified atom stereocenters. The Hall–Kier alpha value is -3.27. The van der Waals surface area contributed by atoms with Crippen molar-refractivity contribution in [1.82, 2.24) is 9.55 Å². The molecule has 0 saturated heterocycles. The third kappa shape index (κ3) is 4.91. The van der Waals surface area contributed by atoms with Crippen LogP contribution in [0.4, 0.5) is 0 Å². The molecule has 31 heavy (non-hydrogen) atoms. The van der Waals surface area contributed by atoms with Crippen molar-refractivity contribution in [2.75, 3.05) is 6.61 Å². The predicted octanol–water partition coefficient (Wildman–Crippen LogP) is 6.32. The summed E-state index contributed by atoms with van der Waals surface area (Å²) in [5.74, 6) is 2.81. The molecule has 0 aliphatic rings. The minimum absolute atomic E-state index is 0.441. The van der Waals surface area contributed by atoms with Gasteiger partial charge in [0.1, 0.15) is 23.9 Å². The Kier molecular flexibility index (Phi) is 6.26. The highest BCUT2D eigenvalue weighted by molar-refractivity contribution is 5.75. The first kappa shape index (κ1) is 21.0. The molecule has 0 aliphatic carbocycles. The fourth-order valence-corrected chi connectivity index (χ4v) is 3.86. The summed E-state index contributed by atoms with van der Waals surface area (Å²) >= 11 is 0. The van der Waals surface area contributed by atoms with Crippen molar-refractivity contribution in [3.8, 4) is 11.5 Å². The van der Waals surface area contributed by atoms with Gasteiger partial charge >= 0.3 is 0 Å². The quantitative estimate of drug-likeness (QED) is 0.317. The van der Waals surface area contributed by atoms with Crippen LogP contribution in [0.15, 0.2) is 60.7 Å². The van der Waals surface area contributed by atoms with Crippen LogP contribution >= 0.6 is 0 Å². The lowest BCUT2D eigenvalue weighted by molar-refractivity contribution is 0.278. The lowest BCUT2D eigenvalue weighted by atomic mass is 10.1. The number of nitrogens with zero attached hydrogens (tertiary/aromatic N) is 2. The maximum atomic E-state index is 6.16. The second kappa shape index (κ2) is 9.25. The number of aromatic nitrogens is 2. The molecule has 0 fully saturated rings. The Balaban J connectivity index is 1.46. The molecule has 0 spiro atoms. The number of para-hydroxylation sites is 2. The maximum absolute atomic E-state index is 6.16. The van der Waals surface area contributed by atoms with Gasteiger partial charge < -0.3 is 14.0 Å². The first-order chi connectivity index (χ1) is 15.0. The number of rotatable bonds is 8. The number of imidazole rings is 1. The summed E-state index contributed by atoms with van der Waals surface area (Å²) in [4.78, 5) is 4.84. The number of aryl methyl sites for hydroxylation is 5. The highest BCUT2D eigenvalue weighted by atomic mass is 16.5. The van der Waals surface area contributed by atoms with Crippen LogP contribution < -0.4 is 9.47 Å². The highest BCUT2D eigenvalue weighted by Gasteiger charge is 2.12. The summed E-state index contributed by atoms with van der Waals surface area (Å²) in [6, 6.07) is 20.8. The minimum atomic E-state index is 0.441. The highest BCUT2D eigenvalue weighted by Crippen LogP contribution is 2.23. The molecule has 0 amide bonds. The number of ether oxygens (including phenoxy) is 2. The molecular formula is C27H30N2O2. The smallest absolute Gasteiger partial charge is 0.148 e. The Labute approximate surface area is 184 Å². The van der Waals surface area contributed by atoms with Crippen molar-refractivity contribution in [2.24, 2.45) is 0 Å². The second-order valence-electron chi connectivity index (χ2n) is 8.20. The van der Waals surface area contributed by atoms with E-state index in [1.807, 2.05) is 6.07 Å². The lowest BCUT2D eigenvalue weighted by Crippen LogP contribution is -2.10. The zero-order chi connectivity index (χ0) is 21.8. The van der Waals surface area contributed by atoms with E-state index >= 15 is 0 Å². The third-order valence-corrected chi connectivity index (χ3v) is 5.55. The number of fused-ring (bicyclic) bond motifs is 1. The molecular weight excluding hydrogens is 384 g/mol.